The SMILES string of the molecule is Cc1cnc(Nc2cccc(C3CN(C(=O)Cn4nnc5ccccc54)CCO3)n2)s1. The highest BCUT2D eigenvalue weighted by molar-refractivity contribution is 7.15. The number of ether oxygens (including phenoxy) is 1. The van der Waals surface area contributed by atoms with Gasteiger partial charge in [-0.25, -0.2) is 14.6 Å². The second-order valence-electron chi connectivity index (χ2n) is 7.28. The fourth-order valence-electron chi connectivity index (χ4n) is 3.54. The Labute approximate surface area is 182 Å². The van der Waals surface area contributed by atoms with Crippen LogP contribution in [-0.2, 0) is 16.1 Å². The molecule has 1 unspecified atom stereocenters. The minimum absolute atomic E-state index is 0.0171. The van der Waals surface area contributed by atoms with E-state index < -0.39 is 0 Å². The average molecular weight is 436 g/mol. The molecule has 31 heavy (non-hydrogen) atoms. The second-order valence-corrected chi connectivity index (χ2v) is 8.52. The lowest BCUT2D eigenvalue weighted by Crippen LogP contribution is -2.44. The number of benzene rings is 1. The van der Waals surface area contributed by atoms with Crippen molar-refractivity contribution < 1.29 is 9.53 Å². The van der Waals surface area contributed by atoms with Crippen molar-refractivity contribution in [3.8, 4) is 0 Å². The molecule has 0 bridgehead atoms. The third-order valence-corrected chi connectivity index (χ3v) is 5.91. The van der Waals surface area contributed by atoms with Crippen LogP contribution >= 0.6 is 11.3 Å². The van der Waals surface area contributed by atoms with E-state index in [0.717, 1.165) is 26.7 Å². The Bertz CT molecular complexity index is 1220. The first-order valence-corrected chi connectivity index (χ1v) is 10.8. The normalized spacial score (nSPS) is 16.5. The van der Waals surface area contributed by atoms with Gasteiger partial charge in [0.2, 0.25) is 5.91 Å². The molecule has 0 aliphatic carbocycles. The van der Waals surface area contributed by atoms with Crippen molar-refractivity contribution in [2.45, 2.75) is 19.6 Å². The van der Waals surface area contributed by atoms with Crippen LogP contribution in [0.1, 0.15) is 16.7 Å². The number of carbonyl (C=O) groups excluding carboxylic acids is 1. The standard InChI is InChI=1S/C21H21N7O2S/c1-14-11-22-21(31-14)24-19-8-4-6-16(23-19)18-12-27(9-10-30-18)20(29)13-28-17-7-3-2-5-15(17)25-26-28/h2-8,11,18H,9-10,12-13H2,1H3,(H,22,23,24). The fourth-order valence-corrected chi connectivity index (χ4v) is 4.21. The van der Waals surface area contributed by atoms with Crippen molar-refractivity contribution in [1.82, 2.24) is 29.9 Å². The lowest BCUT2D eigenvalue weighted by atomic mass is 10.2. The number of nitrogens with zero attached hydrogens (tertiary/aromatic N) is 6. The molecule has 4 aromatic rings. The third kappa shape index (κ3) is 4.25. The van der Waals surface area contributed by atoms with Gasteiger partial charge in [-0.05, 0) is 31.2 Å². The number of aromatic nitrogens is 5. The number of nitrogens with one attached hydrogen (secondary N) is 1. The van der Waals surface area contributed by atoms with Crippen LogP contribution in [0, 0.1) is 6.92 Å². The number of fused-ring (bicyclic) bond motifs is 1. The molecular weight excluding hydrogens is 414 g/mol. The first-order valence-electron chi connectivity index (χ1n) is 10.00. The van der Waals surface area contributed by atoms with Gasteiger partial charge in [-0.15, -0.1) is 16.4 Å². The molecule has 0 saturated carbocycles. The first-order chi connectivity index (χ1) is 15.2. The maximum atomic E-state index is 12.9. The van der Waals surface area contributed by atoms with Crippen molar-refractivity contribution >= 4 is 39.2 Å². The first kappa shape index (κ1) is 19.6. The van der Waals surface area contributed by atoms with Crippen LogP contribution < -0.4 is 5.32 Å². The van der Waals surface area contributed by atoms with Gasteiger partial charge >= 0.3 is 0 Å². The summed E-state index contributed by atoms with van der Waals surface area (Å²) < 4.78 is 7.57. The number of amides is 1. The van der Waals surface area contributed by atoms with Crippen molar-refractivity contribution in [2.75, 3.05) is 25.0 Å². The van der Waals surface area contributed by atoms with Crippen LogP contribution in [0.15, 0.2) is 48.7 Å². The van der Waals surface area contributed by atoms with Crippen LogP contribution in [0.3, 0.4) is 0 Å². The summed E-state index contributed by atoms with van der Waals surface area (Å²) in [5.74, 6) is 0.685. The van der Waals surface area contributed by atoms with Gasteiger partial charge < -0.3 is 15.0 Å². The average Bonchev–Trinajstić information content (AvgIpc) is 3.40. The maximum absolute atomic E-state index is 12.9. The summed E-state index contributed by atoms with van der Waals surface area (Å²) in [7, 11) is 0. The quantitative estimate of drug-likeness (QED) is 0.515. The van der Waals surface area contributed by atoms with Gasteiger partial charge in [-0.2, -0.15) is 0 Å². The van der Waals surface area contributed by atoms with E-state index in [1.165, 1.54) is 0 Å². The Morgan fingerprint density at radius 3 is 3.03 bits per heavy atom. The minimum atomic E-state index is -0.287. The number of para-hydroxylation sites is 1. The summed E-state index contributed by atoms with van der Waals surface area (Å²) in [4.78, 5) is 24.9. The monoisotopic (exact) mass is 435 g/mol. The molecule has 1 aliphatic rings. The van der Waals surface area contributed by atoms with Gasteiger partial charge in [0.15, 0.2) is 5.13 Å². The van der Waals surface area contributed by atoms with Gasteiger partial charge in [0.1, 0.15) is 24.0 Å². The summed E-state index contributed by atoms with van der Waals surface area (Å²) in [6, 6.07) is 13.4. The van der Waals surface area contributed by atoms with Crippen molar-refractivity contribution in [2.24, 2.45) is 0 Å². The molecule has 3 aromatic heterocycles. The zero-order valence-electron chi connectivity index (χ0n) is 16.9. The van der Waals surface area contributed by atoms with E-state index in [-0.39, 0.29) is 18.6 Å². The molecule has 1 atom stereocenters. The maximum Gasteiger partial charge on any atom is 0.244 e. The third-order valence-electron chi connectivity index (χ3n) is 5.08. The highest BCUT2D eigenvalue weighted by Crippen LogP contribution is 2.25. The molecule has 1 aromatic carbocycles. The zero-order chi connectivity index (χ0) is 21.2. The Hall–Kier alpha value is -3.37. The van der Waals surface area contributed by atoms with Gasteiger partial charge in [0.05, 0.1) is 24.4 Å². The largest absolute Gasteiger partial charge is 0.368 e. The molecular formula is C21H21N7O2S. The van der Waals surface area contributed by atoms with Crippen LogP contribution in [-0.4, -0.2) is 55.5 Å². The van der Waals surface area contributed by atoms with E-state index in [1.807, 2.05) is 55.6 Å². The summed E-state index contributed by atoms with van der Waals surface area (Å²) in [6.07, 6.45) is 1.54. The predicted molar refractivity (Wildman–Crippen MR) is 117 cm³/mol. The molecule has 1 saturated heterocycles. The zero-order valence-corrected chi connectivity index (χ0v) is 17.7. The van der Waals surface area contributed by atoms with E-state index in [1.54, 1.807) is 20.9 Å². The number of carbonyl (C=O) groups is 1. The topological polar surface area (TPSA) is 98.1 Å². The van der Waals surface area contributed by atoms with Gasteiger partial charge in [0, 0.05) is 17.6 Å². The molecule has 0 spiro atoms. The molecule has 158 valence electrons. The van der Waals surface area contributed by atoms with Crippen LogP contribution in [0.4, 0.5) is 10.9 Å². The number of rotatable bonds is 5. The lowest BCUT2D eigenvalue weighted by molar-refractivity contribution is -0.139. The Kier molecular flexibility index (Phi) is 5.31. The van der Waals surface area contributed by atoms with Gasteiger partial charge in [0.25, 0.3) is 0 Å². The molecule has 9 nitrogen and oxygen atoms in total. The summed E-state index contributed by atoms with van der Waals surface area (Å²) in [6.45, 7) is 3.60. The van der Waals surface area contributed by atoms with Crippen molar-refractivity contribution in [1.29, 1.82) is 0 Å². The Morgan fingerprint density at radius 2 is 2.16 bits per heavy atom. The predicted octanol–water partition coefficient (Wildman–Crippen LogP) is 2.93. The molecule has 0 radical (unpaired) electrons. The Balaban J connectivity index is 1.27. The number of pyridine rings is 1. The number of anilines is 2. The van der Waals surface area contributed by atoms with Crippen molar-refractivity contribution in [3.05, 3.63) is 59.2 Å². The number of hydrogen-bond donors (Lipinski definition) is 1. The van der Waals surface area contributed by atoms with Crippen LogP contribution in [0.5, 0.6) is 0 Å². The van der Waals surface area contributed by atoms with E-state index in [9.17, 15) is 4.79 Å². The summed E-state index contributed by atoms with van der Waals surface area (Å²) in [5, 5.41) is 12.3. The highest BCUT2D eigenvalue weighted by atomic mass is 32.1. The number of hydrogen-bond acceptors (Lipinski definition) is 8. The van der Waals surface area contributed by atoms with E-state index >= 15 is 0 Å². The fraction of sp³-hybridized carbons (Fsp3) is 0.286. The van der Waals surface area contributed by atoms with Gasteiger partial charge in [-0.1, -0.05) is 23.4 Å². The van der Waals surface area contributed by atoms with E-state index in [2.05, 4.69) is 25.6 Å². The van der Waals surface area contributed by atoms with E-state index in [4.69, 9.17) is 4.74 Å². The smallest absolute Gasteiger partial charge is 0.244 e. The number of aryl methyl sites for hydroxylation is 1. The van der Waals surface area contributed by atoms with Gasteiger partial charge in [-0.3, -0.25) is 4.79 Å². The number of thiazole rings is 1. The molecule has 1 amide bonds. The number of morpholine rings is 1. The Morgan fingerprint density at radius 1 is 1.26 bits per heavy atom. The van der Waals surface area contributed by atoms with E-state index in [0.29, 0.717) is 25.5 Å². The summed E-state index contributed by atoms with van der Waals surface area (Å²) >= 11 is 1.57. The second kappa shape index (κ2) is 8.40. The summed E-state index contributed by atoms with van der Waals surface area (Å²) in [5.41, 5.74) is 2.40. The molecule has 1 N–H and O–H groups in total. The molecule has 10 heteroatoms. The molecule has 5 rings (SSSR count). The van der Waals surface area contributed by atoms with Crippen molar-refractivity contribution in [3.63, 3.8) is 0 Å². The molecule has 1 fully saturated rings. The lowest BCUT2D eigenvalue weighted by Gasteiger charge is -2.32. The highest BCUT2D eigenvalue weighted by Gasteiger charge is 2.27. The molecule has 4 heterocycles. The molecule has 1 aliphatic heterocycles. The van der Waals surface area contributed by atoms with Crippen LogP contribution in [0.2, 0.25) is 0 Å². The minimum Gasteiger partial charge on any atom is -0.368 e. The van der Waals surface area contributed by atoms with Crippen LogP contribution in [0.25, 0.3) is 11.0 Å².